The van der Waals surface area contributed by atoms with Crippen molar-refractivity contribution in [1.29, 1.82) is 0 Å². The van der Waals surface area contributed by atoms with Crippen molar-refractivity contribution in [2.24, 2.45) is 0 Å². The summed E-state index contributed by atoms with van der Waals surface area (Å²) in [5.74, 6) is 1.03. The van der Waals surface area contributed by atoms with E-state index in [1.807, 2.05) is 0 Å². The van der Waals surface area contributed by atoms with Gasteiger partial charge in [0.15, 0.2) is 8.32 Å². The van der Waals surface area contributed by atoms with Gasteiger partial charge >= 0.3 is 0 Å². The van der Waals surface area contributed by atoms with Gasteiger partial charge in [0.25, 0.3) is 0 Å². The Kier molecular flexibility index (Phi) is 8.21. The Morgan fingerprint density at radius 1 is 1.08 bits per heavy atom. The predicted octanol–water partition coefficient (Wildman–Crippen LogP) is 3.72. The number of rotatable bonds is 8. The fraction of sp³-hybridized carbons (Fsp3) is 1.00. The molecule has 0 N–H and O–H groups in total. The highest BCUT2D eigenvalue weighted by atomic mass is 32.1. The Labute approximate surface area is 89.8 Å². The Balaban J connectivity index is 3.29. The molecule has 0 radical (unpaired) electrons. The van der Waals surface area contributed by atoms with Crippen LogP contribution < -0.4 is 0 Å². The molecule has 0 bridgehead atoms. The quantitative estimate of drug-likeness (QED) is 0.373. The molecule has 1 nitrogen and oxygen atoms in total. The highest BCUT2D eigenvalue weighted by Crippen LogP contribution is 2.16. The molecule has 0 aromatic heterocycles. The van der Waals surface area contributed by atoms with Crippen LogP contribution in [0.4, 0.5) is 0 Å². The van der Waals surface area contributed by atoms with E-state index in [1.165, 1.54) is 31.7 Å². The van der Waals surface area contributed by atoms with Gasteiger partial charge in [0, 0.05) is 6.61 Å². The second-order valence-corrected chi connectivity index (χ2v) is 8.84. The molecule has 0 saturated heterocycles. The summed E-state index contributed by atoms with van der Waals surface area (Å²) in [6, 6.07) is 1.31. The summed E-state index contributed by atoms with van der Waals surface area (Å²) in [5, 5.41) is 0. The minimum absolute atomic E-state index is 0.885. The van der Waals surface area contributed by atoms with Crippen LogP contribution in [-0.4, -0.2) is 20.7 Å². The van der Waals surface area contributed by atoms with Crippen LogP contribution in [0.2, 0.25) is 19.1 Å². The van der Waals surface area contributed by atoms with Gasteiger partial charge in [0.2, 0.25) is 0 Å². The maximum atomic E-state index is 5.76. The van der Waals surface area contributed by atoms with Gasteiger partial charge in [-0.1, -0.05) is 19.3 Å². The van der Waals surface area contributed by atoms with Crippen molar-refractivity contribution in [1.82, 2.24) is 0 Å². The van der Waals surface area contributed by atoms with Gasteiger partial charge in [-0.25, -0.2) is 0 Å². The lowest BCUT2D eigenvalue weighted by Crippen LogP contribution is -2.29. The molecule has 0 aliphatic carbocycles. The summed E-state index contributed by atoms with van der Waals surface area (Å²) < 4.78 is 5.76. The zero-order chi connectivity index (χ0) is 10.2. The Morgan fingerprint density at radius 2 is 1.69 bits per heavy atom. The van der Waals surface area contributed by atoms with Gasteiger partial charge in [-0.3, -0.25) is 0 Å². The molecule has 0 rings (SSSR count). The van der Waals surface area contributed by atoms with Crippen LogP contribution in [0.25, 0.3) is 0 Å². The molecule has 13 heavy (non-hydrogen) atoms. The first-order valence-corrected chi connectivity index (χ1v) is 9.12. The SMILES string of the molecule is CCO[Si](C)(C)CCCCCCS. The maximum absolute atomic E-state index is 5.76. The smallest absolute Gasteiger partial charge is 0.186 e. The maximum Gasteiger partial charge on any atom is 0.186 e. The van der Waals surface area contributed by atoms with Gasteiger partial charge in [0.1, 0.15) is 0 Å². The van der Waals surface area contributed by atoms with E-state index in [0.717, 1.165) is 12.4 Å². The molecule has 80 valence electrons. The van der Waals surface area contributed by atoms with E-state index < -0.39 is 8.32 Å². The summed E-state index contributed by atoms with van der Waals surface area (Å²) in [6.45, 7) is 7.61. The van der Waals surface area contributed by atoms with E-state index in [9.17, 15) is 0 Å². The fourth-order valence-corrected chi connectivity index (χ4v) is 3.73. The molecule has 0 amide bonds. The van der Waals surface area contributed by atoms with E-state index in [1.54, 1.807) is 0 Å². The van der Waals surface area contributed by atoms with Gasteiger partial charge in [-0.05, 0) is 38.2 Å². The first-order chi connectivity index (χ1) is 6.12. The average Bonchev–Trinajstić information content (AvgIpc) is 2.04. The van der Waals surface area contributed by atoms with Crippen molar-refractivity contribution >= 4 is 20.9 Å². The molecule has 0 aromatic carbocycles. The molecule has 0 spiro atoms. The first kappa shape index (κ1) is 13.5. The third kappa shape index (κ3) is 8.85. The summed E-state index contributed by atoms with van der Waals surface area (Å²) in [4.78, 5) is 0. The zero-order valence-corrected chi connectivity index (χ0v) is 11.2. The highest BCUT2D eigenvalue weighted by molar-refractivity contribution is 7.80. The van der Waals surface area contributed by atoms with Crippen LogP contribution in [0.3, 0.4) is 0 Å². The minimum atomic E-state index is -1.28. The van der Waals surface area contributed by atoms with Crippen molar-refractivity contribution in [2.45, 2.75) is 51.7 Å². The largest absolute Gasteiger partial charge is 0.418 e. The number of hydrogen-bond acceptors (Lipinski definition) is 2. The molecular weight excluding hydrogens is 196 g/mol. The summed E-state index contributed by atoms with van der Waals surface area (Å²) in [7, 11) is -1.28. The van der Waals surface area contributed by atoms with Crippen molar-refractivity contribution in [2.75, 3.05) is 12.4 Å². The van der Waals surface area contributed by atoms with Crippen molar-refractivity contribution in [3.63, 3.8) is 0 Å². The molecule has 0 aliphatic rings. The molecule has 0 atom stereocenters. The van der Waals surface area contributed by atoms with Crippen molar-refractivity contribution in [3.8, 4) is 0 Å². The second-order valence-electron chi connectivity index (χ2n) is 4.08. The second kappa shape index (κ2) is 7.89. The third-order valence-corrected chi connectivity index (χ3v) is 5.17. The van der Waals surface area contributed by atoms with E-state index in [-0.39, 0.29) is 0 Å². The van der Waals surface area contributed by atoms with Crippen LogP contribution in [0.15, 0.2) is 0 Å². The molecule has 3 heteroatoms. The highest BCUT2D eigenvalue weighted by Gasteiger charge is 2.20. The van der Waals surface area contributed by atoms with E-state index >= 15 is 0 Å². The molecule has 0 aliphatic heterocycles. The average molecular weight is 220 g/mol. The third-order valence-electron chi connectivity index (χ3n) is 2.22. The number of thiol groups is 1. The lowest BCUT2D eigenvalue weighted by Gasteiger charge is -2.21. The normalized spacial score (nSPS) is 12.0. The molecule has 0 saturated carbocycles. The lowest BCUT2D eigenvalue weighted by atomic mass is 10.2. The summed E-state index contributed by atoms with van der Waals surface area (Å²) in [6.07, 6.45) is 5.29. The molecule has 0 aromatic rings. The van der Waals surface area contributed by atoms with Crippen LogP contribution in [0, 0.1) is 0 Å². The summed E-state index contributed by atoms with van der Waals surface area (Å²) in [5.41, 5.74) is 0. The molecule has 0 fully saturated rings. The standard InChI is InChI=1S/C10H24OSSi/c1-4-11-13(2,3)10-8-6-5-7-9-12/h12H,4-10H2,1-3H3. The van der Waals surface area contributed by atoms with Crippen molar-refractivity contribution in [3.05, 3.63) is 0 Å². The van der Waals surface area contributed by atoms with Crippen molar-refractivity contribution < 1.29 is 4.43 Å². The van der Waals surface area contributed by atoms with E-state index in [2.05, 4.69) is 32.6 Å². The van der Waals surface area contributed by atoms with E-state index in [0.29, 0.717) is 0 Å². The monoisotopic (exact) mass is 220 g/mol. The van der Waals surface area contributed by atoms with Crippen LogP contribution in [0.1, 0.15) is 32.6 Å². The molecular formula is C10H24OSSi. The van der Waals surface area contributed by atoms with Crippen LogP contribution >= 0.6 is 12.6 Å². The lowest BCUT2D eigenvalue weighted by molar-refractivity contribution is 0.327. The predicted molar refractivity (Wildman–Crippen MR) is 66.2 cm³/mol. The minimum Gasteiger partial charge on any atom is -0.418 e. The first-order valence-electron chi connectivity index (χ1n) is 5.37. The van der Waals surface area contributed by atoms with Crippen LogP contribution in [0.5, 0.6) is 0 Å². The number of unbranched alkanes of at least 4 members (excludes halogenated alkanes) is 3. The van der Waals surface area contributed by atoms with Gasteiger partial charge in [-0.2, -0.15) is 12.6 Å². The molecule has 0 heterocycles. The van der Waals surface area contributed by atoms with Gasteiger partial charge in [0.05, 0.1) is 0 Å². The van der Waals surface area contributed by atoms with E-state index in [4.69, 9.17) is 4.43 Å². The van der Waals surface area contributed by atoms with Gasteiger partial charge < -0.3 is 4.43 Å². The number of hydrogen-bond donors (Lipinski definition) is 1. The topological polar surface area (TPSA) is 9.23 Å². The Morgan fingerprint density at radius 3 is 2.23 bits per heavy atom. The zero-order valence-electron chi connectivity index (χ0n) is 9.31. The summed E-state index contributed by atoms with van der Waals surface area (Å²) >= 11 is 4.20. The Hall–Kier alpha value is 0.527. The molecule has 0 unspecified atom stereocenters. The Bertz CT molecular complexity index is 117. The van der Waals surface area contributed by atoms with Crippen LogP contribution in [-0.2, 0) is 4.43 Å². The fourth-order valence-electron chi connectivity index (χ4n) is 1.48. The van der Waals surface area contributed by atoms with Gasteiger partial charge in [-0.15, -0.1) is 0 Å².